The number of benzene rings is 2. The highest BCUT2D eigenvalue weighted by Crippen LogP contribution is 2.46. The minimum Gasteiger partial charge on any atom is -0.318 e. The van der Waals surface area contributed by atoms with Crippen LogP contribution in [-0.4, -0.2) is 15.7 Å². The largest absolute Gasteiger partial charge is 0.318 e. The summed E-state index contributed by atoms with van der Waals surface area (Å²) in [5.41, 5.74) is 1.51. The zero-order valence-corrected chi connectivity index (χ0v) is 17.5. The molecule has 1 saturated carbocycles. The van der Waals surface area contributed by atoms with Gasteiger partial charge in [-0.25, -0.2) is 4.39 Å². The Bertz CT molecular complexity index is 1240. The first-order chi connectivity index (χ1) is 14.9. The van der Waals surface area contributed by atoms with E-state index in [-0.39, 0.29) is 22.9 Å². The van der Waals surface area contributed by atoms with Gasteiger partial charge < -0.3 is 5.32 Å². The van der Waals surface area contributed by atoms with Crippen LogP contribution in [0.4, 0.5) is 10.1 Å². The van der Waals surface area contributed by atoms with Gasteiger partial charge in [-0.2, -0.15) is 10.4 Å². The van der Waals surface area contributed by atoms with Crippen LogP contribution >= 0.6 is 11.6 Å². The fraction of sp³-hybridized carbons (Fsp3) is 0.208. The summed E-state index contributed by atoms with van der Waals surface area (Å²) in [6.45, 7) is 1.97. The molecule has 0 atom stereocenters. The number of rotatable bonds is 4. The molecule has 1 aliphatic rings. The van der Waals surface area contributed by atoms with E-state index in [1.165, 1.54) is 16.9 Å². The molecule has 0 saturated heterocycles. The molecule has 0 radical (unpaired) electrons. The monoisotopic (exact) mass is 432 g/mol. The van der Waals surface area contributed by atoms with Crippen LogP contribution in [0, 0.1) is 41.3 Å². The van der Waals surface area contributed by atoms with Crippen molar-refractivity contribution >= 4 is 23.2 Å². The van der Waals surface area contributed by atoms with Crippen LogP contribution in [0.1, 0.15) is 40.0 Å². The highest BCUT2D eigenvalue weighted by atomic mass is 35.5. The standard InChI is InChI=1S/C24H18ClFN4O/c1-16-11-18(8-7-17-5-3-2-4-6-17)12-20(26)21(16)29-23(31)22-19(25)13-28-30(22)15-24(14-27)9-10-24/h2-6,11-13H,9-10,15H2,1H3,(H,29,31). The Labute approximate surface area is 184 Å². The molecule has 154 valence electrons. The van der Waals surface area contributed by atoms with Crippen LogP contribution in [0.25, 0.3) is 0 Å². The van der Waals surface area contributed by atoms with Crippen LogP contribution in [0.2, 0.25) is 5.02 Å². The van der Waals surface area contributed by atoms with Crippen LogP contribution in [-0.2, 0) is 6.54 Å². The van der Waals surface area contributed by atoms with Gasteiger partial charge in [0.1, 0.15) is 11.5 Å². The number of hydrogen-bond donors (Lipinski definition) is 1. The maximum Gasteiger partial charge on any atom is 0.275 e. The summed E-state index contributed by atoms with van der Waals surface area (Å²) in [6, 6.07) is 14.7. The van der Waals surface area contributed by atoms with Gasteiger partial charge >= 0.3 is 0 Å². The molecule has 0 aliphatic heterocycles. The summed E-state index contributed by atoms with van der Waals surface area (Å²) in [5, 5.41) is 16.2. The Hall–Kier alpha value is -3.61. The molecule has 1 amide bonds. The maximum atomic E-state index is 14.8. The zero-order valence-electron chi connectivity index (χ0n) is 16.7. The molecule has 1 heterocycles. The third-order valence-electron chi connectivity index (χ3n) is 5.20. The second-order valence-corrected chi connectivity index (χ2v) is 8.02. The molecule has 3 aromatic rings. The number of hydrogen-bond acceptors (Lipinski definition) is 3. The number of anilines is 1. The van der Waals surface area contributed by atoms with Crippen molar-refractivity contribution in [3.05, 3.63) is 81.9 Å². The molecule has 1 N–H and O–H groups in total. The van der Waals surface area contributed by atoms with E-state index >= 15 is 0 Å². The summed E-state index contributed by atoms with van der Waals surface area (Å²) in [4.78, 5) is 12.9. The van der Waals surface area contributed by atoms with Crippen molar-refractivity contribution in [2.24, 2.45) is 5.41 Å². The highest BCUT2D eigenvalue weighted by molar-refractivity contribution is 6.34. The van der Waals surface area contributed by atoms with Crippen molar-refractivity contribution in [1.82, 2.24) is 9.78 Å². The molecule has 1 aromatic heterocycles. The van der Waals surface area contributed by atoms with Gasteiger partial charge in [0.15, 0.2) is 0 Å². The van der Waals surface area contributed by atoms with Crippen molar-refractivity contribution < 1.29 is 9.18 Å². The van der Waals surface area contributed by atoms with Gasteiger partial charge in [0.2, 0.25) is 0 Å². The molecule has 0 bridgehead atoms. The lowest BCUT2D eigenvalue weighted by molar-refractivity contribution is 0.101. The lowest BCUT2D eigenvalue weighted by Crippen LogP contribution is -2.22. The van der Waals surface area contributed by atoms with Gasteiger partial charge in [0, 0.05) is 11.1 Å². The van der Waals surface area contributed by atoms with E-state index in [1.54, 1.807) is 13.0 Å². The van der Waals surface area contributed by atoms with Crippen LogP contribution in [0.15, 0.2) is 48.7 Å². The van der Waals surface area contributed by atoms with Crippen molar-refractivity contribution in [3.8, 4) is 17.9 Å². The van der Waals surface area contributed by atoms with Gasteiger partial charge in [0.25, 0.3) is 5.91 Å². The maximum absolute atomic E-state index is 14.8. The predicted molar refractivity (Wildman–Crippen MR) is 116 cm³/mol. The summed E-state index contributed by atoms with van der Waals surface area (Å²) >= 11 is 6.16. The van der Waals surface area contributed by atoms with Crippen molar-refractivity contribution in [3.63, 3.8) is 0 Å². The third-order valence-corrected chi connectivity index (χ3v) is 5.48. The second-order valence-electron chi connectivity index (χ2n) is 7.61. The lowest BCUT2D eigenvalue weighted by Gasteiger charge is -2.13. The summed E-state index contributed by atoms with van der Waals surface area (Å²) < 4.78 is 16.2. The Morgan fingerprint density at radius 1 is 1.26 bits per heavy atom. The van der Waals surface area contributed by atoms with E-state index in [0.29, 0.717) is 11.1 Å². The molecule has 4 rings (SSSR count). The van der Waals surface area contributed by atoms with Gasteiger partial charge in [0.05, 0.1) is 34.9 Å². The number of aryl methyl sites for hydroxylation is 1. The first-order valence-corrected chi connectivity index (χ1v) is 10.1. The van der Waals surface area contributed by atoms with Crippen molar-refractivity contribution in [2.45, 2.75) is 26.3 Å². The summed E-state index contributed by atoms with van der Waals surface area (Å²) in [6.07, 6.45) is 2.86. The van der Waals surface area contributed by atoms with Crippen LogP contribution in [0.3, 0.4) is 0 Å². The quantitative estimate of drug-likeness (QED) is 0.593. The van der Waals surface area contributed by atoms with E-state index in [2.05, 4.69) is 28.3 Å². The van der Waals surface area contributed by atoms with Crippen LogP contribution < -0.4 is 5.32 Å². The summed E-state index contributed by atoms with van der Waals surface area (Å²) in [5.74, 6) is 4.75. The van der Waals surface area contributed by atoms with E-state index < -0.39 is 17.1 Å². The molecule has 0 spiro atoms. The molecule has 1 aliphatic carbocycles. The number of aromatic nitrogens is 2. The molecule has 7 heteroatoms. The number of carbonyl (C=O) groups excluding carboxylic acids is 1. The minimum atomic E-state index is -0.594. The second kappa shape index (κ2) is 8.26. The molecule has 31 heavy (non-hydrogen) atoms. The van der Waals surface area contributed by atoms with E-state index in [0.717, 1.165) is 18.4 Å². The Balaban J connectivity index is 1.57. The fourth-order valence-corrected chi connectivity index (χ4v) is 3.49. The Kier molecular flexibility index (Phi) is 5.50. The third kappa shape index (κ3) is 4.45. The first-order valence-electron chi connectivity index (χ1n) is 9.72. The fourth-order valence-electron chi connectivity index (χ4n) is 3.26. The van der Waals surface area contributed by atoms with E-state index in [4.69, 9.17) is 11.6 Å². The number of nitrogens with zero attached hydrogens (tertiary/aromatic N) is 3. The number of nitrogens with one attached hydrogen (secondary N) is 1. The van der Waals surface area contributed by atoms with Gasteiger partial charge in [-0.1, -0.05) is 41.6 Å². The van der Waals surface area contributed by atoms with Crippen molar-refractivity contribution in [2.75, 3.05) is 5.32 Å². The lowest BCUT2D eigenvalue weighted by atomic mass is 10.1. The van der Waals surface area contributed by atoms with Gasteiger partial charge in [-0.15, -0.1) is 0 Å². The molecule has 1 fully saturated rings. The topological polar surface area (TPSA) is 70.7 Å². The molecular formula is C24H18ClFN4O. The first kappa shape index (κ1) is 20.7. The number of halogens is 2. The summed E-state index contributed by atoms with van der Waals surface area (Å²) in [7, 11) is 0. The van der Waals surface area contributed by atoms with E-state index in [9.17, 15) is 14.4 Å². The normalized spacial score (nSPS) is 13.6. The number of carbonyl (C=O) groups is 1. The average molecular weight is 433 g/mol. The number of nitriles is 1. The van der Waals surface area contributed by atoms with Crippen LogP contribution in [0.5, 0.6) is 0 Å². The number of amides is 1. The predicted octanol–water partition coefficient (Wildman–Crippen LogP) is 4.94. The van der Waals surface area contributed by atoms with E-state index in [1.807, 2.05) is 30.3 Å². The van der Waals surface area contributed by atoms with Crippen molar-refractivity contribution in [1.29, 1.82) is 5.26 Å². The zero-order chi connectivity index (χ0) is 22.0. The SMILES string of the molecule is Cc1cc(C#Cc2ccccc2)cc(F)c1NC(=O)c1c(Cl)cnn1CC1(C#N)CC1. The molecular weight excluding hydrogens is 415 g/mol. The smallest absolute Gasteiger partial charge is 0.275 e. The molecule has 2 aromatic carbocycles. The average Bonchev–Trinajstić information content (AvgIpc) is 3.44. The van der Waals surface area contributed by atoms with Gasteiger partial charge in [-0.3, -0.25) is 9.48 Å². The highest BCUT2D eigenvalue weighted by Gasteiger charge is 2.44. The Morgan fingerprint density at radius 2 is 1.97 bits per heavy atom. The molecule has 5 nitrogen and oxygen atoms in total. The van der Waals surface area contributed by atoms with Gasteiger partial charge in [-0.05, 0) is 49.6 Å². The minimum absolute atomic E-state index is 0.0560. The molecule has 0 unspecified atom stereocenters. The Morgan fingerprint density at radius 3 is 2.61 bits per heavy atom.